The van der Waals surface area contributed by atoms with Crippen molar-refractivity contribution >= 4 is 42.9 Å². The summed E-state index contributed by atoms with van der Waals surface area (Å²) in [4.78, 5) is 17.1. The minimum Gasteiger partial charge on any atom is -0.309 e. The molecule has 1 aromatic rings. The Morgan fingerprint density at radius 1 is 1.50 bits per heavy atom. The van der Waals surface area contributed by atoms with Crippen molar-refractivity contribution in [1.29, 1.82) is 0 Å². The maximum absolute atomic E-state index is 11.8. The fourth-order valence-electron chi connectivity index (χ4n) is 1.80. The smallest absolute Gasteiger partial charge is 0.237 e. The van der Waals surface area contributed by atoms with Crippen molar-refractivity contribution in [1.82, 2.24) is 4.98 Å². The number of nitrogens with zero attached hydrogens (tertiary/aromatic N) is 2. The van der Waals surface area contributed by atoms with Gasteiger partial charge in [-0.1, -0.05) is 11.6 Å². The largest absolute Gasteiger partial charge is 0.309 e. The summed E-state index contributed by atoms with van der Waals surface area (Å²) in [6, 6.07) is 1.69. The van der Waals surface area contributed by atoms with E-state index in [0.717, 1.165) is 5.56 Å². The molecule has 8 heteroatoms. The van der Waals surface area contributed by atoms with Gasteiger partial charge < -0.3 is 4.90 Å². The summed E-state index contributed by atoms with van der Waals surface area (Å²) in [6.45, 7) is 1.81. The number of aryl methyl sites for hydroxylation is 1. The van der Waals surface area contributed by atoms with Gasteiger partial charge in [-0.05, 0) is 18.6 Å². The zero-order valence-corrected chi connectivity index (χ0v) is 11.8. The molecule has 0 aliphatic carbocycles. The fraction of sp³-hybridized carbons (Fsp3) is 0.400. The molecule has 5 nitrogen and oxygen atoms in total. The summed E-state index contributed by atoms with van der Waals surface area (Å²) in [5.74, 6) is -0.284. The van der Waals surface area contributed by atoms with Crippen LogP contribution in [0.4, 0.5) is 5.69 Å². The first-order valence-corrected chi connectivity index (χ1v) is 7.90. The molecule has 2 heterocycles. The number of hydrogen-bond acceptors (Lipinski definition) is 4. The van der Waals surface area contributed by atoms with Crippen molar-refractivity contribution in [2.24, 2.45) is 0 Å². The van der Waals surface area contributed by atoms with Crippen molar-refractivity contribution in [3.8, 4) is 0 Å². The Hall–Kier alpha value is -0.850. The van der Waals surface area contributed by atoms with E-state index in [0.29, 0.717) is 10.8 Å². The zero-order valence-electron chi connectivity index (χ0n) is 9.43. The topological polar surface area (TPSA) is 67.3 Å². The van der Waals surface area contributed by atoms with E-state index in [4.69, 9.17) is 22.3 Å². The predicted octanol–water partition coefficient (Wildman–Crippen LogP) is 1.72. The van der Waals surface area contributed by atoms with E-state index in [1.807, 2.05) is 0 Å². The summed E-state index contributed by atoms with van der Waals surface area (Å²) >= 11 is 5.79. The van der Waals surface area contributed by atoms with Crippen LogP contribution in [0, 0.1) is 6.92 Å². The third-order valence-corrected chi connectivity index (χ3v) is 5.06. The Balaban J connectivity index is 2.30. The number of carbonyl (C=O) groups excluding carboxylic acids is 1. The summed E-state index contributed by atoms with van der Waals surface area (Å²) in [5.41, 5.74) is 1.25. The lowest BCUT2D eigenvalue weighted by atomic mass is 10.3. The molecule has 1 aliphatic rings. The van der Waals surface area contributed by atoms with E-state index < -0.39 is 14.3 Å². The molecule has 1 amide bonds. The molecule has 1 aromatic heterocycles. The van der Waals surface area contributed by atoms with Crippen LogP contribution in [0.25, 0.3) is 0 Å². The molecule has 98 valence electrons. The lowest BCUT2D eigenvalue weighted by molar-refractivity contribution is -0.117. The number of aromatic nitrogens is 1. The lowest BCUT2D eigenvalue weighted by Crippen LogP contribution is -2.26. The molecule has 0 spiro atoms. The van der Waals surface area contributed by atoms with Gasteiger partial charge in [0.25, 0.3) is 0 Å². The molecular formula is C10H10Cl2N2O3S. The van der Waals surface area contributed by atoms with Gasteiger partial charge in [0.05, 0.1) is 11.9 Å². The van der Waals surface area contributed by atoms with Gasteiger partial charge in [0.1, 0.15) is 10.4 Å². The van der Waals surface area contributed by atoms with E-state index in [1.165, 1.54) is 11.1 Å². The van der Waals surface area contributed by atoms with E-state index in [2.05, 4.69) is 4.98 Å². The van der Waals surface area contributed by atoms with Gasteiger partial charge in [0.15, 0.2) is 0 Å². The highest BCUT2D eigenvalue weighted by atomic mass is 35.7. The van der Waals surface area contributed by atoms with Gasteiger partial charge >= 0.3 is 0 Å². The standard InChI is InChI=1S/C10H10Cl2N2O3S/c1-6-2-7(4-13-10(6)11)14-5-8(3-9(14)15)18(12,16)17/h2,4,8H,3,5H2,1H3. The van der Waals surface area contributed by atoms with Crippen LogP contribution in [0.15, 0.2) is 12.3 Å². The van der Waals surface area contributed by atoms with Crippen molar-refractivity contribution < 1.29 is 13.2 Å². The van der Waals surface area contributed by atoms with E-state index in [9.17, 15) is 13.2 Å². The SMILES string of the molecule is Cc1cc(N2CC(S(=O)(=O)Cl)CC2=O)cnc1Cl. The van der Waals surface area contributed by atoms with Crippen molar-refractivity contribution in [2.45, 2.75) is 18.6 Å². The summed E-state index contributed by atoms with van der Waals surface area (Å²) in [7, 11) is 1.54. The normalized spacial score (nSPS) is 20.5. The van der Waals surface area contributed by atoms with Crippen LogP contribution in [-0.2, 0) is 13.8 Å². The molecular weight excluding hydrogens is 299 g/mol. The Labute approximate surface area is 114 Å². The summed E-state index contributed by atoms with van der Waals surface area (Å²) < 4.78 is 22.5. The Kier molecular flexibility index (Phi) is 3.53. The number of carbonyl (C=O) groups is 1. The molecule has 1 fully saturated rings. The van der Waals surface area contributed by atoms with Crippen LogP contribution in [-0.4, -0.2) is 31.1 Å². The first-order chi connectivity index (χ1) is 8.29. The van der Waals surface area contributed by atoms with Crippen LogP contribution in [0.3, 0.4) is 0 Å². The number of hydrogen-bond donors (Lipinski definition) is 0. The second-order valence-electron chi connectivity index (χ2n) is 4.11. The average molecular weight is 309 g/mol. The van der Waals surface area contributed by atoms with Gasteiger partial charge in [-0.15, -0.1) is 0 Å². The molecule has 0 aromatic carbocycles. The van der Waals surface area contributed by atoms with Gasteiger partial charge in [0, 0.05) is 23.6 Å². The van der Waals surface area contributed by atoms with Gasteiger partial charge in [-0.2, -0.15) is 0 Å². The predicted molar refractivity (Wildman–Crippen MR) is 69.5 cm³/mol. The fourth-order valence-corrected chi connectivity index (χ4v) is 2.93. The van der Waals surface area contributed by atoms with Crippen LogP contribution < -0.4 is 4.90 Å². The Morgan fingerprint density at radius 2 is 2.17 bits per heavy atom. The molecule has 18 heavy (non-hydrogen) atoms. The minimum absolute atomic E-state index is 0.0490. The van der Waals surface area contributed by atoms with Crippen LogP contribution in [0.5, 0.6) is 0 Å². The number of pyridine rings is 1. The maximum Gasteiger partial charge on any atom is 0.237 e. The molecule has 1 saturated heterocycles. The molecule has 0 radical (unpaired) electrons. The number of halogens is 2. The van der Waals surface area contributed by atoms with E-state index >= 15 is 0 Å². The number of rotatable bonds is 2. The van der Waals surface area contributed by atoms with Crippen LogP contribution in [0.1, 0.15) is 12.0 Å². The highest BCUT2D eigenvalue weighted by Crippen LogP contribution is 2.27. The van der Waals surface area contributed by atoms with Crippen LogP contribution >= 0.6 is 22.3 Å². The van der Waals surface area contributed by atoms with Gasteiger partial charge in [-0.25, -0.2) is 13.4 Å². The first kappa shape index (κ1) is 13.6. The maximum atomic E-state index is 11.8. The van der Waals surface area contributed by atoms with Crippen molar-refractivity contribution in [3.05, 3.63) is 23.0 Å². The third-order valence-electron chi connectivity index (χ3n) is 2.80. The van der Waals surface area contributed by atoms with Crippen LogP contribution in [0.2, 0.25) is 5.15 Å². The lowest BCUT2D eigenvalue weighted by Gasteiger charge is -2.16. The molecule has 0 N–H and O–H groups in total. The average Bonchev–Trinajstić information content (AvgIpc) is 2.64. The zero-order chi connectivity index (χ0) is 13.5. The first-order valence-electron chi connectivity index (χ1n) is 5.15. The number of amides is 1. The molecule has 2 rings (SSSR count). The molecule has 0 bridgehead atoms. The van der Waals surface area contributed by atoms with Crippen molar-refractivity contribution in [2.75, 3.05) is 11.4 Å². The molecule has 0 saturated carbocycles. The highest BCUT2D eigenvalue weighted by Gasteiger charge is 2.38. The highest BCUT2D eigenvalue weighted by molar-refractivity contribution is 8.14. The second kappa shape index (κ2) is 4.68. The third kappa shape index (κ3) is 2.60. The van der Waals surface area contributed by atoms with Crippen molar-refractivity contribution in [3.63, 3.8) is 0 Å². The second-order valence-corrected chi connectivity index (χ2v) is 7.37. The molecule has 1 unspecified atom stereocenters. The van der Waals surface area contributed by atoms with Gasteiger partial charge in [-0.3, -0.25) is 4.79 Å². The van der Waals surface area contributed by atoms with E-state index in [1.54, 1.807) is 13.0 Å². The summed E-state index contributed by atoms with van der Waals surface area (Å²) in [6.07, 6.45) is 1.34. The summed E-state index contributed by atoms with van der Waals surface area (Å²) in [5, 5.41) is -0.519. The van der Waals surface area contributed by atoms with E-state index in [-0.39, 0.29) is 18.9 Å². The quantitative estimate of drug-likeness (QED) is 0.616. The Bertz CT molecular complexity index is 603. The monoisotopic (exact) mass is 308 g/mol. The number of anilines is 1. The molecule has 1 atom stereocenters. The molecule has 1 aliphatic heterocycles. The van der Waals surface area contributed by atoms with Gasteiger partial charge in [0.2, 0.25) is 15.0 Å². The minimum atomic E-state index is -3.73. The Morgan fingerprint density at radius 3 is 2.67 bits per heavy atom.